The summed E-state index contributed by atoms with van der Waals surface area (Å²) < 4.78 is 5.45. The standard InChI is InChI=1S/C21H24N4O3/c1-13-20(28-14(2)24-13)21(27)25-11-17-16(18(17)12-25)7-9-23-19(26)6-5-15-4-3-8-22-10-15/h3-6,8,10,16-18H,7,9,11-12H2,1-2H3,(H,23,26)/b6-5+/t16?,17-,18+. The van der Waals surface area contributed by atoms with Gasteiger partial charge in [-0.15, -0.1) is 0 Å². The first-order valence-electron chi connectivity index (χ1n) is 9.62. The van der Waals surface area contributed by atoms with Crippen molar-refractivity contribution in [2.75, 3.05) is 19.6 Å². The third-order valence-electron chi connectivity index (χ3n) is 5.64. The summed E-state index contributed by atoms with van der Waals surface area (Å²) in [6.07, 6.45) is 7.65. The molecule has 2 aromatic rings. The molecule has 0 spiro atoms. The number of carbonyl (C=O) groups excluding carboxylic acids is 2. The predicted molar refractivity (Wildman–Crippen MR) is 103 cm³/mol. The Hall–Kier alpha value is -2.96. The largest absolute Gasteiger partial charge is 0.436 e. The van der Waals surface area contributed by atoms with Crippen molar-refractivity contribution in [3.8, 4) is 0 Å². The normalized spacial score (nSPS) is 23.1. The number of fused-ring (bicyclic) bond motifs is 1. The van der Waals surface area contributed by atoms with Gasteiger partial charge in [-0.3, -0.25) is 14.6 Å². The lowest BCUT2D eigenvalue weighted by Crippen LogP contribution is -2.32. The Labute approximate surface area is 163 Å². The van der Waals surface area contributed by atoms with Crippen LogP contribution < -0.4 is 5.32 Å². The summed E-state index contributed by atoms with van der Waals surface area (Å²) in [6, 6.07) is 3.74. The van der Waals surface area contributed by atoms with Gasteiger partial charge >= 0.3 is 0 Å². The van der Waals surface area contributed by atoms with E-state index in [0.29, 0.717) is 41.6 Å². The molecule has 2 aromatic heterocycles. The van der Waals surface area contributed by atoms with E-state index < -0.39 is 0 Å². The van der Waals surface area contributed by atoms with E-state index in [-0.39, 0.29) is 11.8 Å². The summed E-state index contributed by atoms with van der Waals surface area (Å²) >= 11 is 0. The number of rotatable bonds is 6. The molecule has 7 heteroatoms. The molecule has 1 aliphatic carbocycles. The number of hydrogen-bond acceptors (Lipinski definition) is 5. The molecule has 3 atom stereocenters. The first-order valence-corrected chi connectivity index (χ1v) is 9.62. The third kappa shape index (κ3) is 3.83. The topological polar surface area (TPSA) is 88.3 Å². The number of oxazole rings is 1. The number of nitrogens with one attached hydrogen (secondary N) is 1. The molecule has 0 aromatic carbocycles. The Morgan fingerprint density at radius 2 is 2.11 bits per heavy atom. The van der Waals surface area contributed by atoms with Crippen molar-refractivity contribution in [1.82, 2.24) is 20.2 Å². The van der Waals surface area contributed by atoms with Crippen molar-refractivity contribution >= 4 is 17.9 Å². The Morgan fingerprint density at radius 3 is 2.75 bits per heavy atom. The molecule has 1 saturated heterocycles. The summed E-state index contributed by atoms with van der Waals surface area (Å²) in [7, 11) is 0. The fourth-order valence-electron chi connectivity index (χ4n) is 4.18. The van der Waals surface area contributed by atoms with Gasteiger partial charge in [0.2, 0.25) is 11.7 Å². The molecule has 0 radical (unpaired) electrons. The van der Waals surface area contributed by atoms with Crippen LogP contribution in [0.15, 0.2) is 35.0 Å². The van der Waals surface area contributed by atoms with Gasteiger partial charge in [-0.25, -0.2) is 4.98 Å². The van der Waals surface area contributed by atoms with Gasteiger partial charge < -0.3 is 14.6 Å². The molecule has 2 fully saturated rings. The van der Waals surface area contributed by atoms with Crippen LogP contribution in [0.1, 0.15) is 34.1 Å². The van der Waals surface area contributed by atoms with Crippen molar-refractivity contribution in [2.24, 2.45) is 17.8 Å². The fourth-order valence-corrected chi connectivity index (χ4v) is 4.18. The van der Waals surface area contributed by atoms with Gasteiger partial charge in [0.1, 0.15) is 0 Å². The maximum atomic E-state index is 12.6. The molecule has 1 unspecified atom stereocenters. The highest BCUT2D eigenvalue weighted by Crippen LogP contribution is 2.53. The van der Waals surface area contributed by atoms with Gasteiger partial charge in [0.25, 0.3) is 5.91 Å². The maximum absolute atomic E-state index is 12.6. The van der Waals surface area contributed by atoms with Crippen LogP contribution in [-0.2, 0) is 4.79 Å². The first kappa shape index (κ1) is 18.4. The van der Waals surface area contributed by atoms with E-state index in [2.05, 4.69) is 15.3 Å². The molecular weight excluding hydrogens is 356 g/mol. The zero-order chi connectivity index (χ0) is 19.7. The molecule has 146 valence electrons. The number of likely N-dealkylation sites (tertiary alicyclic amines) is 1. The van der Waals surface area contributed by atoms with Crippen LogP contribution >= 0.6 is 0 Å². The fraction of sp³-hybridized carbons (Fsp3) is 0.429. The zero-order valence-corrected chi connectivity index (χ0v) is 16.1. The third-order valence-corrected chi connectivity index (χ3v) is 5.64. The summed E-state index contributed by atoms with van der Waals surface area (Å²) in [5.74, 6) is 2.40. The van der Waals surface area contributed by atoms with E-state index in [9.17, 15) is 9.59 Å². The number of piperidine rings is 1. The van der Waals surface area contributed by atoms with Crippen LogP contribution in [0, 0.1) is 31.6 Å². The van der Waals surface area contributed by atoms with Crippen LogP contribution in [-0.4, -0.2) is 46.3 Å². The number of amides is 2. The van der Waals surface area contributed by atoms with Crippen LogP contribution in [0.2, 0.25) is 0 Å². The molecule has 2 aliphatic rings. The van der Waals surface area contributed by atoms with Crippen LogP contribution in [0.5, 0.6) is 0 Å². The van der Waals surface area contributed by atoms with Gasteiger partial charge in [-0.1, -0.05) is 6.07 Å². The lowest BCUT2D eigenvalue weighted by atomic mass is 10.2. The van der Waals surface area contributed by atoms with E-state index in [1.807, 2.05) is 17.0 Å². The second-order valence-corrected chi connectivity index (χ2v) is 7.55. The molecule has 4 rings (SSSR count). The monoisotopic (exact) mass is 380 g/mol. The van der Waals surface area contributed by atoms with Crippen LogP contribution in [0.25, 0.3) is 6.08 Å². The molecule has 28 heavy (non-hydrogen) atoms. The average Bonchev–Trinajstić information content (AvgIpc) is 3.01. The number of aryl methyl sites for hydroxylation is 2. The van der Waals surface area contributed by atoms with Crippen LogP contribution in [0.4, 0.5) is 0 Å². The van der Waals surface area contributed by atoms with E-state index in [4.69, 9.17) is 4.42 Å². The minimum absolute atomic E-state index is 0.0575. The Balaban J connectivity index is 1.19. The second-order valence-electron chi connectivity index (χ2n) is 7.55. The Morgan fingerprint density at radius 1 is 1.32 bits per heavy atom. The summed E-state index contributed by atoms with van der Waals surface area (Å²) in [5.41, 5.74) is 1.55. The highest BCUT2D eigenvalue weighted by Gasteiger charge is 2.56. The van der Waals surface area contributed by atoms with Crippen molar-refractivity contribution in [1.29, 1.82) is 0 Å². The highest BCUT2D eigenvalue weighted by atomic mass is 16.4. The van der Waals surface area contributed by atoms with E-state index in [1.165, 1.54) is 6.08 Å². The van der Waals surface area contributed by atoms with Gasteiger partial charge in [0, 0.05) is 45.0 Å². The maximum Gasteiger partial charge on any atom is 0.291 e. The molecule has 7 nitrogen and oxygen atoms in total. The van der Waals surface area contributed by atoms with E-state index in [0.717, 1.165) is 25.1 Å². The molecule has 3 heterocycles. The Kier molecular flexibility index (Phi) is 4.98. The SMILES string of the molecule is Cc1nc(C)c(C(=O)N2C[C@@H]3C(CCNC(=O)/C=C/c4cccnc4)[C@@H]3C2)o1. The smallest absolute Gasteiger partial charge is 0.291 e. The molecule has 0 bridgehead atoms. The predicted octanol–water partition coefficient (Wildman–Crippen LogP) is 2.22. The number of pyridine rings is 1. The molecular formula is C21H24N4O3. The molecule has 1 aliphatic heterocycles. The van der Waals surface area contributed by atoms with Crippen molar-refractivity contribution < 1.29 is 14.0 Å². The summed E-state index contributed by atoms with van der Waals surface area (Å²) in [4.78, 5) is 34.5. The number of aromatic nitrogens is 2. The molecule has 2 amide bonds. The van der Waals surface area contributed by atoms with Gasteiger partial charge in [0.15, 0.2) is 5.89 Å². The van der Waals surface area contributed by atoms with Crippen molar-refractivity contribution in [3.05, 3.63) is 53.5 Å². The van der Waals surface area contributed by atoms with Crippen molar-refractivity contribution in [2.45, 2.75) is 20.3 Å². The molecule has 1 N–H and O–H groups in total. The van der Waals surface area contributed by atoms with E-state index in [1.54, 1.807) is 32.3 Å². The Bertz CT molecular complexity index is 894. The lowest BCUT2D eigenvalue weighted by Gasteiger charge is -2.18. The number of carbonyl (C=O) groups is 2. The second kappa shape index (κ2) is 7.58. The zero-order valence-electron chi connectivity index (χ0n) is 16.1. The van der Waals surface area contributed by atoms with Crippen LogP contribution in [0.3, 0.4) is 0 Å². The molecule has 1 saturated carbocycles. The van der Waals surface area contributed by atoms with Gasteiger partial charge in [0.05, 0.1) is 5.69 Å². The summed E-state index contributed by atoms with van der Waals surface area (Å²) in [5, 5.41) is 2.93. The number of nitrogens with zero attached hydrogens (tertiary/aromatic N) is 3. The van der Waals surface area contributed by atoms with E-state index >= 15 is 0 Å². The summed E-state index contributed by atoms with van der Waals surface area (Å²) in [6.45, 7) is 5.74. The van der Waals surface area contributed by atoms with Gasteiger partial charge in [-0.05, 0) is 48.8 Å². The first-order chi connectivity index (χ1) is 13.5. The van der Waals surface area contributed by atoms with Gasteiger partial charge in [-0.2, -0.15) is 0 Å². The lowest BCUT2D eigenvalue weighted by molar-refractivity contribution is -0.116. The minimum Gasteiger partial charge on any atom is -0.436 e. The average molecular weight is 380 g/mol. The van der Waals surface area contributed by atoms with Crippen molar-refractivity contribution in [3.63, 3.8) is 0 Å². The minimum atomic E-state index is -0.0948. The quantitative estimate of drug-likeness (QED) is 0.777. The highest BCUT2D eigenvalue weighted by molar-refractivity contribution is 5.93. The number of hydrogen-bond donors (Lipinski definition) is 1.